The Balaban J connectivity index is 2.12. The first-order chi connectivity index (χ1) is 10.1. The van der Waals surface area contributed by atoms with Crippen molar-refractivity contribution in [1.82, 2.24) is 5.32 Å². The molecule has 1 unspecified atom stereocenters. The Hall–Kier alpha value is -0.0600. The van der Waals surface area contributed by atoms with Gasteiger partial charge in [-0.05, 0) is 30.1 Å². The maximum Gasteiger partial charge on any atom is 0.209 e. The normalized spacial score (nSPS) is 19.0. The minimum atomic E-state index is -2.38. The average molecular weight is 355 g/mol. The van der Waals surface area contributed by atoms with Gasteiger partial charge in [0.15, 0.2) is 0 Å². The Morgan fingerprint density at radius 3 is 2.90 bits per heavy atom. The van der Waals surface area contributed by atoms with Crippen LogP contribution in [-0.2, 0) is 31.1 Å². The van der Waals surface area contributed by atoms with Crippen molar-refractivity contribution in [2.24, 2.45) is 0 Å². The van der Waals surface area contributed by atoms with Crippen LogP contribution in [-0.4, -0.2) is 48.8 Å². The molecule has 0 spiro atoms. The molecule has 0 aromatic carbocycles. The second kappa shape index (κ2) is 7.98. The van der Waals surface area contributed by atoms with Gasteiger partial charge in [0.25, 0.3) is 0 Å². The predicted molar refractivity (Wildman–Crippen MR) is 79.5 cm³/mol. The Morgan fingerprint density at radius 1 is 1.57 bits per heavy atom. The SMILES string of the molecule is COCCCNCC1(c2cc(Cl)sc2S(=O)[O-])OCCO1. The highest BCUT2D eigenvalue weighted by Gasteiger charge is 2.41. The molecule has 6 nitrogen and oxygen atoms in total. The van der Waals surface area contributed by atoms with Crippen molar-refractivity contribution in [2.75, 3.05) is 40.0 Å². The smallest absolute Gasteiger partial charge is 0.209 e. The maximum atomic E-state index is 11.4. The first kappa shape index (κ1) is 17.3. The van der Waals surface area contributed by atoms with Gasteiger partial charge in [0.05, 0.1) is 28.3 Å². The fourth-order valence-corrected chi connectivity index (χ4v) is 4.23. The summed E-state index contributed by atoms with van der Waals surface area (Å²) in [5.41, 5.74) is 0.461. The summed E-state index contributed by atoms with van der Waals surface area (Å²) in [5.74, 6) is -1.09. The Labute approximate surface area is 135 Å². The molecule has 0 bridgehead atoms. The standard InChI is InChI=1S/C12H18ClNO5S2/c1-17-4-2-3-14-8-12(18-5-6-19-12)9-7-10(13)20-11(9)21(15)16/h7,14H,2-6,8H2,1H3,(H,15,16)/p-1. The fourth-order valence-electron chi connectivity index (χ4n) is 2.14. The number of nitrogens with one attached hydrogen (secondary N) is 1. The van der Waals surface area contributed by atoms with Crippen LogP contribution in [0, 0.1) is 0 Å². The van der Waals surface area contributed by atoms with Crippen LogP contribution in [0.3, 0.4) is 0 Å². The summed E-state index contributed by atoms with van der Waals surface area (Å²) in [6, 6.07) is 1.60. The topological polar surface area (TPSA) is 79.9 Å². The summed E-state index contributed by atoms with van der Waals surface area (Å²) in [6.45, 7) is 2.56. The maximum absolute atomic E-state index is 11.4. The molecule has 1 saturated heterocycles. The number of hydrogen-bond donors (Lipinski definition) is 1. The van der Waals surface area contributed by atoms with Crippen LogP contribution in [0.1, 0.15) is 12.0 Å². The quantitative estimate of drug-likeness (QED) is 0.562. The zero-order valence-electron chi connectivity index (χ0n) is 11.6. The summed E-state index contributed by atoms with van der Waals surface area (Å²) < 4.78 is 39.6. The molecule has 0 radical (unpaired) electrons. The van der Waals surface area contributed by atoms with Crippen LogP contribution in [0.2, 0.25) is 4.34 Å². The summed E-state index contributed by atoms with van der Waals surface area (Å²) in [4.78, 5) is 0. The molecule has 120 valence electrons. The van der Waals surface area contributed by atoms with Crippen molar-refractivity contribution in [3.8, 4) is 0 Å². The zero-order valence-corrected chi connectivity index (χ0v) is 13.9. The molecule has 1 aromatic heterocycles. The summed E-state index contributed by atoms with van der Waals surface area (Å²) in [7, 11) is 1.65. The summed E-state index contributed by atoms with van der Waals surface area (Å²) in [5, 5.41) is 3.21. The number of halogens is 1. The third-order valence-electron chi connectivity index (χ3n) is 3.04. The van der Waals surface area contributed by atoms with E-state index in [2.05, 4.69) is 5.32 Å². The van der Waals surface area contributed by atoms with E-state index in [9.17, 15) is 8.76 Å². The molecule has 0 saturated carbocycles. The second-order valence-electron chi connectivity index (χ2n) is 4.46. The number of hydrogen-bond acceptors (Lipinski definition) is 7. The summed E-state index contributed by atoms with van der Waals surface area (Å²) >= 11 is 4.57. The van der Waals surface area contributed by atoms with E-state index in [-0.39, 0.29) is 4.21 Å². The molecular weight excluding hydrogens is 338 g/mol. The Morgan fingerprint density at radius 2 is 2.29 bits per heavy atom. The molecule has 0 aliphatic carbocycles. The first-order valence-corrected chi connectivity index (χ1v) is 8.72. The number of methoxy groups -OCH3 is 1. The molecule has 1 fully saturated rings. The fraction of sp³-hybridized carbons (Fsp3) is 0.667. The third-order valence-corrected chi connectivity index (χ3v) is 5.28. The highest BCUT2D eigenvalue weighted by Crippen LogP contribution is 2.40. The van der Waals surface area contributed by atoms with Gasteiger partial charge >= 0.3 is 0 Å². The van der Waals surface area contributed by atoms with E-state index in [1.807, 2.05) is 0 Å². The average Bonchev–Trinajstić information content (AvgIpc) is 3.06. The molecule has 9 heteroatoms. The lowest BCUT2D eigenvalue weighted by Crippen LogP contribution is -2.40. The van der Waals surface area contributed by atoms with Crippen molar-refractivity contribution < 1.29 is 23.0 Å². The van der Waals surface area contributed by atoms with Crippen molar-refractivity contribution >= 4 is 34.0 Å². The predicted octanol–water partition coefficient (Wildman–Crippen LogP) is 1.47. The molecule has 0 amide bonds. The van der Waals surface area contributed by atoms with Crippen LogP contribution >= 0.6 is 22.9 Å². The molecule has 1 aliphatic heterocycles. The first-order valence-electron chi connectivity index (χ1n) is 6.46. The summed E-state index contributed by atoms with van der Waals surface area (Å²) in [6.07, 6.45) is 0.845. The van der Waals surface area contributed by atoms with Gasteiger partial charge in [-0.25, -0.2) is 0 Å². The van der Waals surface area contributed by atoms with E-state index in [1.165, 1.54) is 0 Å². The van der Waals surface area contributed by atoms with Crippen molar-refractivity contribution in [3.05, 3.63) is 16.0 Å². The lowest BCUT2D eigenvalue weighted by Gasteiger charge is -2.28. The molecule has 2 rings (SSSR count). The van der Waals surface area contributed by atoms with Crippen LogP contribution in [0.15, 0.2) is 10.3 Å². The molecule has 1 atom stereocenters. The van der Waals surface area contributed by atoms with E-state index < -0.39 is 16.9 Å². The molecule has 1 aliphatic rings. The molecule has 21 heavy (non-hydrogen) atoms. The van der Waals surface area contributed by atoms with Gasteiger partial charge < -0.3 is 24.1 Å². The molecular formula is C12H17ClNO5S2-. The lowest BCUT2D eigenvalue weighted by molar-refractivity contribution is -0.163. The molecule has 1 N–H and O–H groups in total. The Bertz CT molecular complexity index is 490. The number of thiophene rings is 1. The minimum absolute atomic E-state index is 0.153. The van der Waals surface area contributed by atoms with Crippen LogP contribution in [0.25, 0.3) is 0 Å². The van der Waals surface area contributed by atoms with Gasteiger partial charge in [-0.1, -0.05) is 11.6 Å². The van der Waals surface area contributed by atoms with Gasteiger partial charge in [-0.3, -0.25) is 4.21 Å². The third kappa shape index (κ3) is 4.23. The molecule has 2 heterocycles. The van der Waals surface area contributed by atoms with Gasteiger partial charge in [0, 0.05) is 19.3 Å². The van der Waals surface area contributed by atoms with Crippen LogP contribution < -0.4 is 5.32 Å². The molecule has 1 aromatic rings. The second-order valence-corrected chi connectivity index (χ2v) is 7.28. The van der Waals surface area contributed by atoms with Crippen LogP contribution in [0.4, 0.5) is 0 Å². The van der Waals surface area contributed by atoms with Crippen molar-refractivity contribution in [2.45, 2.75) is 16.4 Å². The van der Waals surface area contributed by atoms with E-state index in [0.717, 1.165) is 24.3 Å². The van der Waals surface area contributed by atoms with Crippen molar-refractivity contribution in [1.29, 1.82) is 0 Å². The monoisotopic (exact) mass is 354 g/mol. The highest BCUT2D eigenvalue weighted by atomic mass is 35.5. The van der Waals surface area contributed by atoms with Crippen molar-refractivity contribution in [3.63, 3.8) is 0 Å². The lowest BCUT2D eigenvalue weighted by atomic mass is 10.1. The number of ether oxygens (including phenoxy) is 3. The van der Waals surface area contributed by atoms with E-state index >= 15 is 0 Å². The Kier molecular flexibility index (Phi) is 6.57. The van der Waals surface area contributed by atoms with E-state index in [0.29, 0.717) is 36.3 Å². The largest absolute Gasteiger partial charge is 0.768 e. The van der Waals surface area contributed by atoms with Gasteiger partial charge in [0.1, 0.15) is 0 Å². The minimum Gasteiger partial charge on any atom is -0.768 e. The van der Waals surface area contributed by atoms with Gasteiger partial charge in [-0.15, -0.1) is 11.3 Å². The van der Waals surface area contributed by atoms with Gasteiger partial charge in [-0.2, -0.15) is 0 Å². The number of rotatable bonds is 8. The highest BCUT2D eigenvalue weighted by molar-refractivity contribution is 7.81. The van der Waals surface area contributed by atoms with Gasteiger partial charge in [0.2, 0.25) is 5.79 Å². The zero-order chi connectivity index (χ0) is 15.3. The van der Waals surface area contributed by atoms with E-state index in [4.69, 9.17) is 25.8 Å². The van der Waals surface area contributed by atoms with E-state index in [1.54, 1.807) is 13.2 Å². The van der Waals surface area contributed by atoms with Crippen LogP contribution in [0.5, 0.6) is 0 Å².